The standard InChI is InChI=1S/C45H39FN6O3/c1-52-29-34(18-21-45(52)55)32-14-10-30(11-15-32)5-2-9-44(54)51-38-19-20-41(49-28-38)36-23-35-24-39(40(46)25-42(35)48-26-36)33-16-12-31(13-17-33)6-3-8-43(53)50-37-7-4-22-47-27-37/h4,7,10-29H,2-3,5-6,8-9H2,1H3,(H,50,53)(H,51,54). The van der Waals surface area contributed by atoms with Crippen LogP contribution in [0.15, 0.2) is 139 Å². The number of nitrogens with zero attached hydrogens (tertiary/aromatic N) is 4. The Morgan fingerprint density at radius 1 is 0.673 bits per heavy atom. The fraction of sp³-hybridized carbons (Fsp3) is 0.156. The fourth-order valence-electron chi connectivity index (χ4n) is 6.42. The molecule has 7 aromatic rings. The number of amides is 2. The number of carbonyl (C=O) groups excluding carboxylic acids is 2. The Kier molecular flexibility index (Phi) is 11.2. The normalized spacial score (nSPS) is 11.0. The first-order valence-electron chi connectivity index (χ1n) is 18.2. The molecule has 4 aromatic heterocycles. The molecule has 0 unspecified atom stereocenters. The summed E-state index contributed by atoms with van der Waals surface area (Å²) in [5.41, 5.74) is 8.64. The van der Waals surface area contributed by atoms with Gasteiger partial charge < -0.3 is 15.2 Å². The van der Waals surface area contributed by atoms with E-state index in [-0.39, 0.29) is 23.2 Å². The third-order valence-corrected chi connectivity index (χ3v) is 9.43. The third-order valence-electron chi connectivity index (χ3n) is 9.43. The molecule has 0 aliphatic rings. The van der Waals surface area contributed by atoms with Crippen LogP contribution in [0.5, 0.6) is 0 Å². The van der Waals surface area contributed by atoms with Crippen molar-refractivity contribution in [2.45, 2.75) is 38.5 Å². The van der Waals surface area contributed by atoms with Crippen molar-refractivity contribution in [2.24, 2.45) is 7.05 Å². The van der Waals surface area contributed by atoms with E-state index in [9.17, 15) is 14.4 Å². The maximum Gasteiger partial charge on any atom is 0.250 e. The summed E-state index contributed by atoms with van der Waals surface area (Å²) < 4.78 is 16.8. The van der Waals surface area contributed by atoms with E-state index in [1.165, 1.54) is 6.07 Å². The van der Waals surface area contributed by atoms with Crippen LogP contribution in [0, 0.1) is 5.82 Å². The Morgan fingerprint density at radius 3 is 1.95 bits per heavy atom. The minimum Gasteiger partial charge on any atom is -0.325 e. The Bertz CT molecular complexity index is 2500. The molecule has 0 atom stereocenters. The van der Waals surface area contributed by atoms with Crippen molar-refractivity contribution in [2.75, 3.05) is 10.6 Å². The molecule has 4 heterocycles. The number of aryl methyl sites for hydroxylation is 3. The van der Waals surface area contributed by atoms with Gasteiger partial charge in [-0.3, -0.25) is 29.3 Å². The van der Waals surface area contributed by atoms with Gasteiger partial charge in [0, 0.05) is 67.1 Å². The zero-order valence-corrected chi connectivity index (χ0v) is 30.3. The molecular formula is C45H39FN6O3. The number of aromatic nitrogens is 4. The highest BCUT2D eigenvalue weighted by molar-refractivity contribution is 5.91. The number of fused-ring (bicyclic) bond motifs is 1. The predicted molar refractivity (Wildman–Crippen MR) is 215 cm³/mol. The Balaban J connectivity index is 0.916. The molecule has 2 N–H and O–H groups in total. The summed E-state index contributed by atoms with van der Waals surface area (Å²) >= 11 is 0. The van der Waals surface area contributed by atoms with E-state index in [0.717, 1.165) is 51.6 Å². The highest BCUT2D eigenvalue weighted by Crippen LogP contribution is 2.30. The van der Waals surface area contributed by atoms with E-state index >= 15 is 4.39 Å². The Morgan fingerprint density at radius 2 is 1.33 bits per heavy atom. The first-order valence-corrected chi connectivity index (χ1v) is 18.2. The minimum absolute atomic E-state index is 0.0454. The van der Waals surface area contributed by atoms with E-state index in [4.69, 9.17) is 0 Å². The van der Waals surface area contributed by atoms with Gasteiger partial charge in [-0.15, -0.1) is 0 Å². The SMILES string of the molecule is Cn1cc(-c2ccc(CCCC(=O)Nc3ccc(-c4cnc5cc(F)c(-c6ccc(CCCC(=O)Nc7cccnc7)cc6)cc5c4)nc3)cc2)ccc1=O. The molecule has 9 nitrogen and oxygen atoms in total. The van der Waals surface area contributed by atoms with Crippen LogP contribution in [-0.2, 0) is 29.5 Å². The molecular weight excluding hydrogens is 692 g/mol. The summed E-state index contributed by atoms with van der Waals surface area (Å²) in [7, 11) is 1.74. The highest BCUT2D eigenvalue weighted by Gasteiger charge is 2.12. The first kappa shape index (κ1) is 36.5. The van der Waals surface area contributed by atoms with E-state index in [0.29, 0.717) is 53.8 Å². The molecule has 0 saturated carbocycles. The molecule has 2 amide bonds. The summed E-state index contributed by atoms with van der Waals surface area (Å²) in [4.78, 5) is 49.7. The maximum atomic E-state index is 15.3. The van der Waals surface area contributed by atoms with Crippen molar-refractivity contribution >= 4 is 34.1 Å². The van der Waals surface area contributed by atoms with Gasteiger partial charge in [0.05, 0.1) is 35.0 Å². The van der Waals surface area contributed by atoms with Crippen LogP contribution in [0.3, 0.4) is 0 Å². The average Bonchev–Trinajstić information content (AvgIpc) is 3.20. The Hall–Kier alpha value is -6.81. The average molecular weight is 731 g/mol. The predicted octanol–water partition coefficient (Wildman–Crippen LogP) is 8.79. The van der Waals surface area contributed by atoms with Gasteiger partial charge in [0.25, 0.3) is 0 Å². The van der Waals surface area contributed by atoms with Gasteiger partial charge in [0.15, 0.2) is 0 Å². The zero-order chi connectivity index (χ0) is 38.1. The first-order chi connectivity index (χ1) is 26.8. The van der Waals surface area contributed by atoms with Gasteiger partial charge in [-0.1, -0.05) is 48.5 Å². The van der Waals surface area contributed by atoms with Gasteiger partial charge in [0.1, 0.15) is 5.82 Å². The molecule has 10 heteroatoms. The third kappa shape index (κ3) is 9.41. The molecule has 0 radical (unpaired) electrons. The fourth-order valence-corrected chi connectivity index (χ4v) is 6.42. The monoisotopic (exact) mass is 730 g/mol. The van der Waals surface area contributed by atoms with Gasteiger partial charge in [-0.25, -0.2) is 4.39 Å². The number of pyridine rings is 4. The molecule has 274 valence electrons. The van der Waals surface area contributed by atoms with Crippen molar-refractivity contribution < 1.29 is 14.0 Å². The summed E-state index contributed by atoms with van der Waals surface area (Å²) in [6.07, 6.45) is 12.0. The van der Waals surface area contributed by atoms with Crippen LogP contribution in [0.4, 0.5) is 15.8 Å². The lowest BCUT2D eigenvalue weighted by Crippen LogP contribution is -2.13. The van der Waals surface area contributed by atoms with Crippen LogP contribution in [0.1, 0.15) is 36.8 Å². The van der Waals surface area contributed by atoms with Gasteiger partial charge in [0.2, 0.25) is 17.4 Å². The van der Waals surface area contributed by atoms with E-state index in [1.54, 1.807) is 60.7 Å². The largest absolute Gasteiger partial charge is 0.325 e. The van der Waals surface area contributed by atoms with Crippen molar-refractivity contribution in [1.29, 1.82) is 0 Å². The van der Waals surface area contributed by atoms with Crippen molar-refractivity contribution in [3.8, 4) is 33.5 Å². The molecule has 0 saturated heterocycles. The molecule has 0 aliphatic heterocycles. The number of carbonyl (C=O) groups is 2. The van der Waals surface area contributed by atoms with Crippen molar-refractivity contribution in [3.63, 3.8) is 0 Å². The van der Waals surface area contributed by atoms with Crippen molar-refractivity contribution in [1.82, 2.24) is 19.5 Å². The van der Waals surface area contributed by atoms with Crippen LogP contribution < -0.4 is 16.2 Å². The minimum atomic E-state index is -0.359. The number of halogens is 1. The van der Waals surface area contributed by atoms with Crippen LogP contribution in [-0.4, -0.2) is 31.3 Å². The summed E-state index contributed by atoms with van der Waals surface area (Å²) in [5.74, 6) is -0.506. The molecule has 7 rings (SSSR count). The smallest absolute Gasteiger partial charge is 0.250 e. The van der Waals surface area contributed by atoms with Crippen molar-refractivity contribution in [3.05, 3.63) is 161 Å². The van der Waals surface area contributed by atoms with Gasteiger partial charge in [-0.2, -0.15) is 0 Å². The van der Waals surface area contributed by atoms with Gasteiger partial charge >= 0.3 is 0 Å². The molecule has 0 fully saturated rings. The number of hydrogen-bond donors (Lipinski definition) is 2. The number of rotatable bonds is 13. The molecule has 0 aliphatic carbocycles. The topological polar surface area (TPSA) is 119 Å². The number of benzene rings is 3. The second kappa shape index (κ2) is 16.9. The highest BCUT2D eigenvalue weighted by atomic mass is 19.1. The maximum absolute atomic E-state index is 15.3. The summed E-state index contributed by atoms with van der Waals surface area (Å²) in [6, 6.07) is 31.7. The Labute approximate surface area is 318 Å². The van der Waals surface area contributed by atoms with Gasteiger partial charge in [-0.05, 0) is 96.0 Å². The lowest BCUT2D eigenvalue weighted by atomic mass is 9.99. The summed E-state index contributed by atoms with van der Waals surface area (Å²) in [6.45, 7) is 0. The quantitative estimate of drug-likeness (QED) is 0.122. The van der Waals surface area contributed by atoms with E-state index in [2.05, 4.69) is 37.7 Å². The molecule has 55 heavy (non-hydrogen) atoms. The zero-order valence-electron chi connectivity index (χ0n) is 30.3. The lowest BCUT2D eigenvalue weighted by molar-refractivity contribution is -0.117. The van der Waals surface area contributed by atoms with E-state index in [1.807, 2.05) is 66.9 Å². The molecule has 0 bridgehead atoms. The number of anilines is 2. The second-order valence-electron chi connectivity index (χ2n) is 13.5. The summed E-state index contributed by atoms with van der Waals surface area (Å²) in [5, 5.41) is 6.55. The molecule has 3 aromatic carbocycles. The van der Waals surface area contributed by atoms with Crippen LogP contribution >= 0.6 is 0 Å². The number of nitrogens with one attached hydrogen (secondary N) is 2. The number of hydrogen-bond acceptors (Lipinski definition) is 6. The molecule has 0 spiro atoms. The van der Waals surface area contributed by atoms with Crippen LogP contribution in [0.2, 0.25) is 0 Å². The lowest BCUT2D eigenvalue weighted by Gasteiger charge is -2.10. The van der Waals surface area contributed by atoms with Crippen LogP contribution in [0.25, 0.3) is 44.4 Å². The van der Waals surface area contributed by atoms with E-state index < -0.39 is 0 Å². The second-order valence-corrected chi connectivity index (χ2v) is 13.5.